The van der Waals surface area contributed by atoms with Crippen molar-refractivity contribution in [3.05, 3.63) is 64.6 Å². The summed E-state index contributed by atoms with van der Waals surface area (Å²) >= 11 is 0. The molecule has 2 aromatic carbocycles. The number of rotatable bonds is 12. The van der Waals surface area contributed by atoms with Crippen LogP contribution >= 0.6 is 0 Å². The minimum atomic E-state index is -0.740. The molecule has 0 radical (unpaired) electrons. The number of aryl methyl sites for hydroxylation is 1. The fourth-order valence-electron chi connectivity index (χ4n) is 3.97. The highest BCUT2D eigenvalue weighted by Crippen LogP contribution is 2.18. The first-order chi connectivity index (χ1) is 17.0. The van der Waals surface area contributed by atoms with Crippen LogP contribution in [0.3, 0.4) is 0 Å². The molecule has 0 spiro atoms. The standard InChI is InChI=1S/C27H34N4O4/c1-4-7-8-11-18-31-26(33)23-13-10-9-12-22(23)25(29-31)27(34)35-19-24(32)28-20-14-16-21(17-15-20)30(5-2)6-3/h9-10,12-17H,4-8,11,18-19H2,1-3H3,(H,28,32). The van der Waals surface area contributed by atoms with Gasteiger partial charge in [0.05, 0.1) is 5.39 Å². The molecule has 0 fully saturated rings. The molecule has 8 nitrogen and oxygen atoms in total. The normalized spacial score (nSPS) is 10.8. The fraction of sp³-hybridized carbons (Fsp3) is 0.407. The van der Waals surface area contributed by atoms with Gasteiger partial charge in [-0.1, -0.05) is 44.4 Å². The van der Waals surface area contributed by atoms with Crippen LogP contribution in [0.4, 0.5) is 11.4 Å². The van der Waals surface area contributed by atoms with Crippen LogP contribution in [0.25, 0.3) is 10.8 Å². The van der Waals surface area contributed by atoms with Gasteiger partial charge in [-0.3, -0.25) is 9.59 Å². The Hall–Kier alpha value is -3.68. The molecule has 8 heteroatoms. The number of ether oxygens (including phenoxy) is 1. The third kappa shape index (κ3) is 6.68. The molecule has 0 aliphatic rings. The lowest BCUT2D eigenvalue weighted by molar-refractivity contribution is -0.119. The number of nitrogens with one attached hydrogen (secondary N) is 1. The summed E-state index contributed by atoms with van der Waals surface area (Å²) in [6, 6.07) is 14.3. The number of hydrogen-bond acceptors (Lipinski definition) is 6. The third-order valence-corrected chi connectivity index (χ3v) is 5.90. The van der Waals surface area contributed by atoms with Gasteiger partial charge in [-0.25, -0.2) is 9.48 Å². The second kappa shape index (κ2) is 12.7. The van der Waals surface area contributed by atoms with Gasteiger partial charge in [0.1, 0.15) is 0 Å². The molecule has 1 N–H and O–H groups in total. The summed E-state index contributed by atoms with van der Waals surface area (Å²) in [7, 11) is 0. The highest BCUT2D eigenvalue weighted by Gasteiger charge is 2.19. The molecular weight excluding hydrogens is 444 g/mol. The molecule has 0 saturated heterocycles. The van der Waals surface area contributed by atoms with Gasteiger partial charge in [0.2, 0.25) is 0 Å². The summed E-state index contributed by atoms with van der Waals surface area (Å²) in [4.78, 5) is 40.3. The number of esters is 1. The van der Waals surface area contributed by atoms with Gasteiger partial charge in [-0.15, -0.1) is 0 Å². The molecule has 0 aliphatic carbocycles. The highest BCUT2D eigenvalue weighted by atomic mass is 16.5. The average molecular weight is 479 g/mol. The van der Waals surface area contributed by atoms with E-state index in [9.17, 15) is 14.4 Å². The summed E-state index contributed by atoms with van der Waals surface area (Å²) in [5.41, 5.74) is 1.49. The largest absolute Gasteiger partial charge is 0.451 e. The first-order valence-electron chi connectivity index (χ1n) is 12.3. The molecule has 0 atom stereocenters. The van der Waals surface area contributed by atoms with Crippen molar-refractivity contribution >= 4 is 34.0 Å². The number of anilines is 2. The Labute approximate surface area is 205 Å². The van der Waals surface area contributed by atoms with Crippen LogP contribution in [0, 0.1) is 0 Å². The van der Waals surface area contributed by atoms with Crippen LogP contribution in [0.1, 0.15) is 56.9 Å². The molecule has 0 bridgehead atoms. The number of unbranched alkanes of at least 4 members (excludes halogenated alkanes) is 3. The summed E-state index contributed by atoms with van der Waals surface area (Å²) in [6.07, 6.45) is 3.93. The van der Waals surface area contributed by atoms with E-state index in [4.69, 9.17) is 4.74 Å². The minimum absolute atomic E-state index is 0.0343. The van der Waals surface area contributed by atoms with Crippen molar-refractivity contribution in [1.82, 2.24) is 9.78 Å². The molecule has 1 heterocycles. The smallest absolute Gasteiger partial charge is 0.359 e. The summed E-state index contributed by atoms with van der Waals surface area (Å²) in [5, 5.41) is 7.86. The van der Waals surface area contributed by atoms with Gasteiger partial charge in [-0.05, 0) is 50.6 Å². The zero-order valence-electron chi connectivity index (χ0n) is 20.8. The lowest BCUT2D eigenvalue weighted by Gasteiger charge is -2.21. The van der Waals surface area contributed by atoms with Crippen LogP contribution < -0.4 is 15.8 Å². The van der Waals surface area contributed by atoms with E-state index in [0.717, 1.165) is 44.5 Å². The van der Waals surface area contributed by atoms with E-state index in [-0.39, 0.29) is 11.3 Å². The van der Waals surface area contributed by atoms with Crippen LogP contribution in [0.15, 0.2) is 53.3 Å². The molecule has 186 valence electrons. The van der Waals surface area contributed by atoms with Gasteiger partial charge in [-0.2, -0.15) is 5.10 Å². The van der Waals surface area contributed by atoms with Crippen molar-refractivity contribution in [3.8, 4) is 0 Å². The van der Waals surface area contributed by atoms with Gasteiger partial charge in [0.15, 0.2) is 12.3 Å². The molecule has 0 unspecified atom stereocenters. The third-order valence-electron chi connectivity index (χ3n) is 5.90. The number of aromatic nitrogens is 2. The second-order valence-electron chi connectivity index (χ2n) is 8.33. The zero-order valence-corrected chi connectivity index (χ0v) is 20.8. The predicted molar refractivity (Wildman–Crippen MR) is 139 cm³/mol. The maximum atomic E-state index is 12.9. The number of amides is 1. The minimum Gasteiger partial charge on any atom is -0.451 e. The molecule has 3 rings (SSSR count). The molecule has 1 aromatic heterocycles. The van der Waals surface area contributed by atoms with Gasteiger partial charge in [0.25, 0.3) is 11.5 Å². The Morgan fingerprint density at radius 3 is 2.29 bits per heavy atom. The van der Waals surface area contributed by atoms with E-state index in [2.05, 4.69) is 36.1 Å². The fourth-order valence-corrected chi connectivity index (χ4v) is 3.97. The molecule has 3 aromatic rings. The monoisotopic (exact) mass is 478 g/mol. The maximum Gasteiger partial charge on any atom is 0.359 e. The van der Waals surface area contributed by atoms with Gasteiger partial charge in [0, 0.05) is 36.4 Å². The van der Waals surface area contributed by atoms with Crippen LogP contribution in [0.5, 0.6) is 0 Å². The topological polar surface area (TPSA) is 93.5 Å². The van der Waals surface area contributed by atoms with Crippen LogP contribution in [0.2, 0.25) is 0 Å². The number of carbonyl (C=O) groups is 2. The van der Waals surface area contributed by atoms with Crippen molar-refractivity contribution in [2.24, 2.45) is 0 Å². The number of carbonyl (C=O) groups excluding carboxylic acids is 2. The number of hydrogen-bond donors (Lipinski definition) is 1. The highest BCUT2D eigenvalue weighted by molar-refractivity contribution is 6.03. The Kier molecular flexibility index (Phi) is 9.40. The summed E-state index contributed by atoms with van der Waals surface area (Å²) in [5.74, 6) is -1.19. The molecule has 1 amide bonds. The lowest BCUT2D eigenvalue weighted by Crippen LogP contribution is -2.28. The van der Waals surface area contributed by atoms with Crippen LogP contribution in [-0.2, 0) is 16.1 Å². The predicted octanol–water partition coefficient (Wildman–Crippen LogP) is 4.62. The Morgan fingerprint density at radius 1 is 0.943 bits per heavy atom. The number of benzene rings is 2. The molecule has 0 saturated carbocycles. The van der Waals surface area contributed by atoms with E-state index >= 15 is 0 Å². The Bertz CT molecular complexity index is 1200. The summed E-state index contributed by atoms with van der Waals surface area (Å²) in [6.45, 7) is 8.05. The van der Waals surface area contributed by atoms with Gasteiger partial charge >= 0.3 is 5.97 Å². The van der Waals surface area contributed by atoms with Crippen molar-refractivity contribution in [3.63, 3.8) is 0 Å². The van der Waals surface area contributed by atoms with E-state index in [1.165, 1.54) is 4.68 Å². The lowest BCUT2D eigenvalue weighted by atomic mass is 10.1. The van der Waals surface area contributed by atoms with Crippen LogP contribution in [-0.4, -0.2) is 41.4 Å². The van der Waals surface area contributed by atoms with E-state index in [1.807, 2.05) is 24.3 Å². The first-order valence-corrected chi connectivity index (χ1v) is 12.3. The number of nitrogens with zero attached hydrogens (tertiary/aromatic N) is 3. The van der Waals surface area contributed by atoms with Crippen molar-refractivity contribution in [2.75, 3.05) is 29.9 Å². The van der Waals surface area contributed by atoms with Crippen molar-refractivity contribution in [1.29, 1.82) is 0 Å². The molecule has 35 heavy (non-hydrogen) atoms. The second-order valence-corrected chi connectivity index (χ2v) is 8.33. The Morgan fingerprint density at radius 2 is 1.63 bits per heavy atom. The maximum absolute atomic E-state index is 12.9. The summed E-state index contributed by atoms with van der Waals surface area (Å²) < 4.78 is 6.59. The SMILES string of the molecule is CCCCCCn1nc(C(=O)OCC(=O)Nc2ccc(N(CC)CC)cc2)c2ccccc2c1=O. The van der Waals surface area contributed by atoms with Crippen molar-refractivity contribution in [2.45, 2.75) is 53.0 Å². The van der Waals surface area contributed by atoms with E-state index < -0.39 is 18.5 Å². The Balaban J connectivity index is 1.68. The van der Waals surface area contributed by atoms with Gasteiger partial charge < -0.3 is 15.0 Å². The quantitative estimate of drug-likeness (QED) is 0.302. The average Bonchev–Trinajstić information content (AvgIpc) is 2.88. The van der Waals surface area contributed by atoms with Crippen molar-refractivity contribution < 1.29 is 14.3 Å². The number of fused-ring (bicyclic) bond motifs is 1. The van der Waals surface area contributed by atoms with E-state index in [1.54, 1.807) is 24.3 Å². The zero-order chi connectivity index (χ0) is 25.2. The van der Waals surface area contributed by atoms with E-state index in [0.29, 0.717) is 23.0 Å². The molecule has 0 aliphatic heterocycles. The first kappa shape index (κ1) is 25.9. The molecular formula is C27H34N4O4.